The smallest absolute Gasteiger partial charge is 0.463 e. The number of carbonyl (C=O) groups excluding carboxylic acids is 1. The van der Waals surface area contributed by atoms with Crippen molar-refractivity contribution < 1.29 is 36.6 Å². The lowest BCUT2D eigenvalue weighted by atomic mass is 10.2. The zero-order valence-electron chi connectivity index (χ0n) is 10.00. The van der Waals surface area contributed by atoms with Gasteiger partial charge in [0.15, 0.2) is 0 Å². The molecule has 1 aromatic rings. The van der Waals surface area contributed by atoms with Crippen molar-refractivity contribution in [2.24, 2.45) is 0 Å². The van der Waals surface area contributed by atoms with Crippen molar-refractivity contribution in [1.82, 2.24) is 0 Å². The Labute approximate surface area is 119 Å². The predicted molar refractivity (Wildman–Crippen MR) is 62.4 cm³/mol. The number of halogens is 6. The maximum Gasteiger partial charge on any atom is 0.463 e. The Morgan fingerprint density at radius 3 is 1.95 bits per heavy atom. The molecular weight excluding hydrogens is 325 g/mol. The topological polar surface area (TPSA) is 57.6 Å². The summed E-state index contributed by atoms with van der Waals surface area (Å²) in [6.07, 6.45) is -6.13. The van der Waals surface area contributed by atoms with Crippen LogP contribution in [0.15, 0.2) is 24.3 Å². The molecular formula is C11H7ClF5NO3. The maximum atomic E-state index is 13.1. The second-order valence-electron chi connectivity index (χ2n) is 3.83. The van der Waals surface area contributed by atoms with Gasteiger partial charge in [-0.3, -0.25) is 14.5 Å². The van der Waals surface area contributed by atoms with Crippen molar-refractivity contribution in [3.63, 3.8) is 0 Å². The van der Waals surface area contributed by atoms with Gasteiger partial charge in [-0.1, -0.05) is 11.6 Å². The molecule has 0 radical (unpaired) electrons. The highest BCUT2D eigenvalue weighted by Crippen LogP contribution is 2.38. The molecule has 0 aliphatic heterocycles. The molecule has 1 N–H and O–H groups in total. The summed E-state index contributed by atoms with van der Waals surface area (Å²) in [5, 5.41) is 8.70. The minimum atomic E-state index is -6.13. The number of alkyl halides is 5. The molecule has 1 amide bonds. The van der Waals surface area contributed by atoms with E-state index in [0.29, 0.717) is 0 Å². The Hall–Kier alpha value is -1.90. The zero-order chi connectivity index (χ0) is 16.4. The number of amides is 1. The molecule has 10 heteroatoms. The molecule has 0 saturated heterocycles. The SMILES string of the molecule is O=C(O)CN(C(=O)C(F)(F)C(F)(F)F)c1ccc(Cl)cc1. The van der Waals surface area contributed by atoms with Crippen molar-refractivity contribution >= 4 is 29.2 Å². The van der Waals surface area contributed by atoms with E-state index in [0.717, 1.165) is 24.3 Å². The number of carboxylic acids is 1. The summed E-state index contributed by atoms with van der Waals surface area (Å²) in [6, 6.07) is 4.14. The molecule has 0 bridgehead atoms. The average molecular weight is 332 g/mol. The van der Waals surface area contributed by atoms with Crippen molar-refractivity contribution in [2.45, 2.75) is 12.1 Å². The van der Waals surface area contributed by atoms with Crippen LogP contribution >= 0.6 is 11.6 Å². The Kier molecular flexibility index (Phi) is 4.77. The lowest BCUT2D eigenvalue weighted by molar-refractivity contribution is -0.268. The first-order chi connectivity index (χ1) is 9.46. The molecule has 0 aromatic heterocycles. The molecule has 21 heavy (non-hydrogen) atoms. The molecule has 0 fully saturated rings. The Morgan fingerprint density at radius 1 is 1.10 bits per heavy atom. The van der Waals surface area contributed by atoms with Crippen LogP contribution in [0.5, 0.6) is 0 Å². The average Bonchev–Trinajstić information content (AvgIpc) is 2.34. The normalized spacial score (nSPS) is 12.1. The number of carboxylic acid groups (broad SMARTS) is 1. The van der Waals surface area contributed by atoms with E-state index >= 15 is 0 Å². The molecule has 0 saturated carbocycles. The lowest BCUT2D eigenvalue weighted by Gasteiger charge is -2.26. The van der Waals surface area contributed by atoms with Gasteiger partial charge in [-0.2, -0.15) is 22.0 Å². The first kappa shape index (κ1) is 17.2. The minimum Gasteiger partial charge on any atom is -0.480 e. The summed E-state index contributed by atoms with van der Waals surface area (Å²) in [5.74, 6) is -10.1. The Morgan fingerprint density at radius 2 is 1.57 bits per heavy atom. The molecule has 1 rings (SSSR count). The summed E-state index contributed by atoms with van der Waals surface area (Å²) in [4.78, 5) is 21.8. The molecule has 0 atom stereocenters. The molecule has 0 unspecified atom stereocenters. The number of benzene rings is 1. The molecule has 0 heterocycles. The van der Waals surface area contributed by atoms with Crippen molar-refractivity contribution in [3.05, 3.63) is 29.3 Å². The second kappa shape index (κ2) is 5.84. The van der Waals surface area contributed by atoms with E-state index in [2.05, 4.69) is 0 Å². The van der Waals surface area contributed by atoms with Gasteiger partial charge in [-0.25, -0.2) is 0 Å². The number of carbonyl (C=O) groups is 2. The van der Waals surface area contributed by atoms with Crippen LogP contribution in [-0.2, 0) is 9.59 Å². The number of nitrogens with zero attached hydrogens (tertiary/aromatic N) is 1. The first-order valence-corrected chi connectivity index (χ1v) is 5.58. The van der Waals surface area contributed by atoms with Crippen LogP contribution in [0.3, 0.4) is 0 Å². The third-order valence-corrected chi connectivity index (χ3v) is 2.55. The van der Waals surface area contributed by atoms with Gasteiger partial charge in [0.25, 0.3) is 0 Å². The van der Waals surface area contributed by atoms with Gasteiger partial charge in [0.1, 0.15) is 6.54 Å². The van der Waals surface area contributed by atoms with Gasteiger partial charge in [0.05, 0.1) is 0 Å². The zero-order valence-corrected chi connectivity index (χ0v) is 10.8. The molecule has 116 valence electrons. The standard InChI is InChI=1S/C11H7ClF5NO3/c12-6-1-3-7(4-2-6)18(5-8(19)20)9(21)10(13,14)11(15,16)17/h1-4H,5H2,(H,19,20). The van der Waals surface area contributed by atoms with Gasteiger partial charge in [-0.05, 0) is 24.3 Å². The second-order valence-corrected chi connectivity index (χ2v) is 4.27. The van der Waals surface area contributed by atoms with E-state index < -0.39 is 36.2 Å². The summed E-state index contributed by atoms with van der Waals surface area (Å²) in [6.45, 7) is -1.36. The van der Waals surface area contributed by atoms with Gasteiger partial charge in [-0.15, -0.1) is 0 Å². The number of hydrogen-bond donors (Lipinski definition) is 1. The summed E-state index contributed by atoms with van der Waals surface area (Å²) < 4.78 is 62.7. The predicted octanol–water partition coefficient (Wildman–Crippen LogP) is 2.96. The number of aliphatic carboxylic acids is 1. The van der Waals surface area contributed by atoms with Crippen LogP contribution in [-0.4, -0.2) is 35.6 Å². The van der Waals surface area contributed by atoms with Crippen molar-refractivity contribution in [1.29, 1.82) is 0 Å². The molecule has 0 spiro atoms. The number of rotatable bonds is 4. The highest BCUT2D eigenvalue weighted by atomic mass is 35.5. The highest BCUT2D eigenvalue weighted by molar-refractivity contribution is 6.30. The fourth-order valence-corrected chi connectivity index (χ4v) is 1.45. The molecule has 4 nitrogen and oxygen atoms in total. The third-order valence-electron chi connectivity index (χ3n) is 2.30. The minimum absolute atomic E-state index is 0.129. The highest BCUT2D eigenvalue weighted by Gasteiger charge is 2.65. The monoisotopic (exact) mass is 331 g/mol. The van der Waals surface area contributed by atoms with Crippen LogP contribution < -0.4 is 4.90 Å². The Bertz CT molecular complexity index is 544. The van der Waals surface area contributed by atoms with Crippen LogP contribution in [0.2, 0.25) is 5.02 Å². The van der Waals surface area contributed by atoms with E-state index in [1.54, 1.807) is 0 Å². The summed E-state index contributed by atoms with van der Waals surface area (Å²) >= 11 is 5.52. The van der Waals surface area contributed by atoms with E-state index in [1.807, 2.05) is 0 Å². The first-order valence-electron chi connectivity index (χ1n) is 5.20. The maximum absolute atomic E-state index is 13.1. The van der Waals surface area contributed by atoms with E-state index in [-0.39, 0.29) is 9.92 Å². The third kappa shape index (κ3) is 3.81. The molecule has 0 aliphatic carbocycles. The Balaban J connectivity index is 3.23. The number of hydrogen-bond acceptors (Lipinski definition) is 2. The molecule has 0 aliphatic rings. The lowest BCUT2D eigenvalue weighted by Crippen LogP contribution is -2.53. The van der Waals surface area contributed by atoms with Crippen LogP contribution in [0.4, 0.5) is 27.6 Å². The van der Waals surface area contributed by atoms with Gasteiger partial charge in [0.2, 0.25) is 0 Å². The van der Waals surface area contributed by atoms with Crippen LogP contribution in [0.1, 0.15) is 0 Å². The quantitative estimate of drug-likeness (QED) is 0.863. The van der Waals surface area contributed by atoms with Gasteiger partial charge < -0.3 is 5.11 Å². The fraction of sp³-hybridized carbons (Fsp3) is 0.273. The largest absolute Gasteiger partial charge is 0.480 e. The van der Waals surface area contributed by atoms with Crippen molar-refractivity contribution in [3.8, 4) is 0 Å². The van der Waals surface area contributed by atoms with Crippen LogP contribution in [0, 0.1) is 0 Å². The van der Waals surface area contributed by atoms with Gasteiger partial charge >= 0.3 is 24.0 Å². The van der Waals surface area contributed by atoms with E-state index in [4.69, 9.17) is 16.7 Å². The summed E-state index contributed by atoms with van der Waals surface area (Å²) in [5.41, 5.74) is -0.448. The van der Waals surface area contributed by atoms with E-state index in [1.165, 1.54) is 0 Å². The molecule has 1 aromatic carbocycles. The van der Waals surface area contributed by atoms with Crippen LogP contribution in [0.25, 0.3) is 0 Å². The fourth-order valence-electron chi connectivity index (χ4n) is 1.33. The number of anilines is 1. The van der Waals surface area contributed by atoms with E-state index in [9.17, 15) is 31.5 Å². The summed E-state index contributed by atoms with van der Waals surface area (Å²) in [7, 11) is 0. The van der Waals surface area contributed by atoms with Gasteiger partial charge in [0, 0.05) is 10.7 Å². The van der Waals surface area contributed by atoms with Crippen molar-refractivity contribution in [2.75, 3.05) is 11.4 Å².